The van der Waals surface area contributed by atoms with Gasteiger partial charge < -0.3 is 10.1 Å². The number of aromatic amines is 1. The SMILES string of the molecule is O=C(NC(COc1ccccc1F)c1ccccc1)c1ccc(CSc2ncn[nH]2)cc1. The van der Waals surface area contributed by atoms with Gasteiger partial charge in [0.1, 0.15) is 12.9 Å². The van der Waals surface area contributed by atoms with Gasteiger partial charge in [-0.3, -0.25) is 9.89 Å². The van der Waals surface area contributed by atoms with Crippen LogP contribution >= 0.6 is 11.8 Å². The number of carbonyl (C=O) groups is 1. The summed E-state index contributed by atoms with van der Waals surface area (Å²) in [5.41, 5.74) is 2.47. The number of benzene rings is 3. The number of hydrogen-bond donors (Lipinski definition) is 2. The van der Waals surface area contributed by atoms with Crippen LogP contribution in [0.15, 0.2) is 90.3 Å². The highest BCUT2D eigenvalue weighted by molar-refractivity contribution is 7.98. The van der Waals surface area contributed by atoms with E-state index in [-0.39, 0.29) is 18.3 Å². The lowest BCUT2D eigenvalue weighted by molar-refractivity contribution is 0.0920. The molecule has 0 saturated heterocycles. The van der Waals surface area contributed by atoms with Crippen LogP contribution in [0.1, 0.15) is 27.5 Å². The van der Waals surface area contributed by atoms with E-state index in [4.69, 9.17) is 4.74 Å². The van der Waals surface area contributed by atoms with E-state index in [0.29, 0.717) is 11.3 Å². The van der Waals surface area contributed by atoms with Gasteiger partial charge in [0.05, 0.1) is 6.04 Å². The molecule has 32 heavy (non-hydrogen) atoms. The standard InChI is InChI=1S/C24H21FN4O2S/c25-20-8-4-5-9-22(20)31-14-21(18-6-2-1-3-7-18)28-23(30)19-12-10-17(11-13-19)15-32-24-26-16-27-29-24/h1-13,16,21H,14-15H2,(H,28,30)(H,26,27,29). The van der Waals surface area contributed by atoms with E-state index in [1.807, 2.05) is 42.5 Å². The number of nitrogens with one attached hydrogen (secondary N) is 2. The van der Waals surface area contributed by atoms with Gasteiger partial charge in [0.15, 0.2) is 16.7 Å². The molecule has 1 unspecified atom stereocenters. The highest BCUT2D eigenvalue weighted by Gasteiger charge is 2.17. The lowest BCUT2D eigenvalue weighted by Crippen LogP contribution is -2.32. The van der Waals surface area contributed by atoms with Crippen LogP contribution in [0.3, 0.4) is 0 Å². The Morgan fingerprint density at radius 3 is 2.50 bits per heavy atom. The zero-order valence-corrected chi connectivity index (χ0v) is 17.9. The summed E-state index contributed by atoms with van der Waals surface area (Å²) in [6.45, 7) is 0.0998. The van der Waals surface area contributed by atoms with Gasteiger partial charge in [0.25, 0.3) is 5.91 Å². The third-order valence-electron chi connectivity index (χ3n) is 4.73. The van der Waals surface area contributed by atoms with E-state index in [1.165, 1.54) is 24.2 Å². The summed E-state index contributed by atoms with van der Waals surface area (Å²) in [6.07, 6.45) is 1.47. The topological polar surface area (TPSA) is 79.9 Å². The minimum atomic E-state index is -0.440. The third kappa shape index (κ3) is 5.73. The molecule has 0 aliphatic carbocycles. The van der Waals surface area contributed by atoms with E-state index in [9.17, 15) is 9.18 Å². The average Bonchev–Trinajstić information content (AvgIpc) is 3.36. The van der Waals surface area contributed by atoms with Crippen molar-refractivity contribution in [3.63, 3.8) is 0 Å². The molecule has 1 aromatic heterocycles. The molecule has 4 aromatic rings. The van der Waals surface area contributed by atoms with Gasteiger partial charge in [-0.15, -0.1) is 0 Å². The second-order valence-electron chi connectivity index (χ2n) is 6.95. The smallest absolute Gasteiger partial charge is 0.251 e. The first-order valence-electron chi connectivity index (χ1n) is 9.99. The Kier molecular flexibility index (Phi) is 7.14. The molecule has 1 atom stereocenters. The van der Waals surface area contributed by atoms with Crippen LogP contribution in [0, 0.1) is 5.82 Å². The summed E-state index contributed by atoms with van der Waals surface area (Å²) in [5.74, 6) is 0.186. The fourth-order valence-electron chi connectivity index (χ4n) is 3.05. The molecule has 4 rings (SSSR count). The number of nitrogens with zero attached hydrogens (tertiary/aromatic N) is 2. The van der Waals surface area contributed by atoms with Gasteiger partial charge in [-0.1, -0.05) is 66.4 Å². The molecule has 0 aliphatic heterocycles. The van der Waals surface area contributed by atoms with Crippen LogP contribution in [-0.4, -0.2) is 27.7 Å². The van der Waals surface area contributed by atoms with Gasteiger partial charge in [0.2, 0.25) is 0 Å². The normalized spacial score (nSPS) is 11.7. The fraction of sp³-hybridized carbons (Fsp3) is 0.125. The van der Waals surface area contributed by atoms with Crippen molar-refractivity contribution in [3.8, 4) is 5.75 Å². The van der Waals surface area contributed by atoms with Crippen LogP contribution in [-0.2, 0) is 5.75 Å². The quantitative estimate of drug-likeness (QED) is 0.360. The number of hydrogen-bond acceptors (Lipinski definition) is 5. The lowest BCUT2D eigenvalue weighted by atomic mass is 10.1. The van der Waals surface area contributed by atoms with Gasteiger partial charge >= 0.3 is 0 Å². The molecule has 6 nitrogen and oxygen atoms in total. The summed E-state index contributed by atoms with van der Waals surface area (Å²) in [6, 6.07) is 22.6. The van der Waals surface area contributed by atoms with Crippen LogP contribution in [0.5, 0.6) is 5.75 Å². The Labute approximate surface area is 189 Å². The predicted octanol–water partition coefficient (Wildman–Crippen LogP) is 4.79. The molecule has 1 amide bonds. The number of carbonyl (C=O) groups excluding carboxylic acids is 1. The first kappa shape index (κ1) is 21.6. The van der Waals surface area contributed by atoms with Gasteiger partial charge in [0, 0.05) is 11.3 Å². The van der Waals surface area contributed by atoms with Gasteiger partial charge in [-0.05, 0) is 35.4 Å². The summed E-state index contributed by atoms with van der Waals surface area (Å²) < 4.78 is 19.6. The molecule has 162 valence electrons. The molecule has 0 fully saturated rings. The van der Waals surface area contributed by atoms with Crippen molar-refractivity contribution in [2.75, 3.05) is 6.61 Å². The monoisotopic (exact) mass is 448 g/mol. The number of H-pyrrole nitrogens is 1. The molecule has 3 aromatic carbocycles. The summed E-state index contributed by atoms with van der Waals surface area (Å²) in [5, 5.41) is 10.4. The number of amides is 1. The van der Waals surface area contributed by atoms with Gasteiger partial charge in [-0.25, -0.2) is 9.37 Å². The van der Waals surface area contributed by atoms with Crippen LogP contribution in [0.25, 0.3) is 0 Å². The number of halogens is 1. The zero-order chi connectivity index (χ0) is 22.2. The van der Waals surface area contributed by atoms with Crippen molar-refractivity contribution in [2.45, 2.75) is 17.0 Å². The van der Waals surface area contributed by atoms with Crippen molar-refractivity contribution in [2.24, 2.45) is 0 Å². The van der Waals surface area contributed by atoms with Crippen molar-refractivity contribution in [3.05, 3.63) is 108 Å². The minimum Gasteiger partial charge on any atom is -0.488 e. The summed E-state index contributed by atoms with van der Waals surface area (Å²) in [7, 11) is 0. The first-order valence-corrected chi connectivity index (χ1v) is 11.0. The minimum absolute atomic E-state index is 0.0998. The van der Waals surface area contributed by atoms with Crippen molar-refractivity contribution < 1.29 is 13.9 Å². The Hall–Kier alpha value is -3.65. The lowest BCUT2D eigenvalue weighted by Gasteiger charge is -2.20. The van der Waals surface area contributed by atoms with E-state index in [0.717, 1.165) is 16.3 Å². The van der Waals surface area contributed by atoms with Crippen LogP contribution < -0.4 is 10.1 Å². The molecular weight excluding hydrogens is 427 g/mol. The molecular formula is C24H21FN4O2S. The molecule has 2 N–H and O–H groups in total. The summed E-state index contributed by atoms with van der Waals surface area (Å²) >= 11 is 1.53. The first-order chi connectivity index (χ1) is 15.7. The second kappa shape index (κ2) is 10.6. The highest BCUT2D eigenvalue weighted by atomic mass is 32.2. The molecule has 0 bridgehead atoms. The Morgan fingerprint density at radius 2 is 1.78 bits per heavy atom. The molecule has 0 radical (unpaired) electrons. The second-order valence-corrected chi connectivity index (χ2v) is 7.92. The highest BCUT2D eigenvalue weighted by Crippen LogP contribution is 2.21. The maximum atomic E-state index is 13.9. The number of aromatic nitrogens is 3. The molecule has 0 saturated carbocycles. The van der Waals surface area contributed by atoms with E-state index in [2.05, 4.69) is 20.5 Å². The summed E-state index contributed by atoms with van der Waals surface area (Å²) in [4.78, 5) is 17.0. The maximum Gasteiger partial charge on any atom is 0.251 e. The fourth-order valence-corrected chi connectivity index (χ4v) is 3.79. The van der Waals surface area contributed by atoms with Crippen LogP contribution in [0.2, 0.25) is 0 Å². The van der Waals surface area contributed by atoms with Crippen LogP contribution in [0.4, 0.5) is 4.39 Å². The Morgan fingerprint density at radius 1 is 1.03 bits per heavy atom. The average molecular weight is 449 g/mol. The van der Waals surface area contributed by atoms with E-state index in [1.54, 1.807) is 30.3 Å². The molecule has 8 heteroatoms. The van der Waals surface area contributed by atoms with Crippen molar-refractivity contribution in [1.82, 2.24) is 20.5 Å². The number of ether oxygens (including phenoxy) is 1. The van der Waals surface area contributed by atoms with Crippen molar-refractivity contribution >= 4 is 17.7 Å². The molecule has 0 spiro atoms. The molecule has 0 aliphatic rings. The number of thioether (sulfide) groups is 1. The number of rotatable bonds is 9. The van der Waals surface area contributed by atoms with Gasteiger partial charge in [-0.2, -0.15) is 5.10 Å². The Bertz CT molecular complexity index is 1140. The van der Waals surface area contributed by atoms with Crippen molar-refractivity contribution in [1.29, 1.82) is 0 Å². The van der Waals surface area contributed by atoms with E-state index >= 15 is 0 Å². The predicted molar refractivity (Wildman–Crippen MR) is 121 cm³/mol. The van der Waals surface area contributed by atoms with E-state index < -0.39 is 11.9 Å². The Balaban J connectivity index is 1.41. The zero-order valence-electron chi connectivity index (χ0n) is 17.1. The third-order valence-corrected chi connectivity index (χ3v) is 5.68. The maximum absolute atomic E-state index is 13.9. The number of para-hydroxylation sites is 1. The molecule has 1 heterocycles. The largest absolute Gasteiger partial charge is 0.488 e.